The number of hydrogen-bond donors (Lipinski definition) is 0. The summed E-state index contributed by atoms with van der Waals surface area (Å²) in [6.45, 7) is 8.90. The van der Waals surface area contributed by atoms with Crippen molar-refractivity contribution in [2.75, 3.05) is 0 Å². The highest BCUT2D eigenvalue weighted by Crippen LogP contribution is 2.23. The van der Waals surface area contributed by atoms with Crippen molar-refractivity contribution in [2.45, 2.75) is 26.2 Å². The minimum Gasteiger partial charge on any atom is -0.386 e. The normalized spacial score (nSPS) is 14.6. The van der Waals surface area contributed by atoms with Gasteiger partial charge in [-0.25, -0.2) is 19.2 Å². The molecule has 0 unspecified atom stereocenters. The second-order valence-corrected chi connectivity index (χ2v) is 20.1. The van der Waals surface area contributed by atoms with Crippen LogP contribution in [0.1, 0.15) is 41.4 Å². The molecule has 2 aliphatic rings. The van der Waals surface area contributed by atoms with Crippen molar-refractivity contribution in [1.82, 2.24) is 0 Å². The third-order valence-electron chi connectivity index (χ3n) is 8.28. The van der Waals surface area contributed by atoms with Crippen molar-refractivity contribution >= 4 is 60.8 Å². The molecule has 4 aromatic carbocycles. The second kappa shape index (κ2) is 9.07. The Morgan fingerprint density at radius 2 is 0.700 bits per heavy atom. The number of carbonyl (C=O) groups is 4. The summed E-state index contributed by atoms with van der Waals surface area (Å²) in [4.78, 5) is 47.8. The maximum absolute atomic E-state index is 12.1. The minimum absolute atomic E-state index is 0.331. The number of hydrogen-bond acceptors (Lipinski definition) is 6. The van der Waals surface area contributed by atoms with Crippen LogP contribution < -0.4 is 20.7 Å². The number of cyclic esters (lactones) is 4. The van der Waals surface area contributed by atoms with Crippen LogP contribution in [-0.4, -0.2) is 40.0 Å². The van der Waals surface area contributed by atoms with Gasteiger partial charge in [0.1, 0.15) is 16.1 Å². The number of carbonyl (C=O) groups excluding carboxylic acids is 4. The lowest BCUT2D eigenvalue weighted by atomic mass is 10.1. The smallest absolute Gasteiger partial charge is 0.346 e. The largest absolute Gasteiger partial charge is 0.386 e. The maximum atomic E-state index is 12.1. The van der Waals surface area contributed by atoms with Gasteiger partial charge in [0.25, 0.3) is 0 Å². The summed E-state index contributed by atoms with van der Waals surface area (Å²) in [5, 5.41) is 4.55. The summed E-state index contributed by atoms with van der Waals surface area (Å²) in [6, 6.07) is 28.0. The molecule has 40 heavy (non-hydrogen) atoms. The van der Waals surface area contributed by atoms with Gasteiger partial charge in [-0.1, -0.05) is 108 Å². The molecule has 0 aromatic heterocycles. The van der Waals surface area contributed by atoms with Gasteiger partial charge < -0.3 is 9.47 Å². The Labute approximate surface area is 233 Å². The number of esters is 4. The molecule has 0 spiro atoms. The molecular weight excluding hydrogens is 537 g/mol. The van der Waals surface area contributed by atoms with Crippen LogP contribution in [0.5, 0.6) is 0 Å². The molecule has 2 heterocycles. The van der Waals surface area contributed by atoms with E-state index >= 15 is 0 Å². The van der Waals surface area contributed by atoms with Gasteiger partial charge in [-0.15, -0.1) is 0 Å². The zero-order valence-corrected chi connectivity index (χ0v) is 24.5. The molecule has 0 atom stereocenters. The van der Waals surface area contributed by atoms with Crippen LogP contribution >= 0.6 is 0 Å². The van der Waals surface area contributed by atoms with Gasteiger partial charge in [-0.05, 0) is 35.4 Å². The van der Waals surface area contributed by atoms with Gasteiger partial charge >= 0.3 is 23.9 Å². The van der Waals surface area contributed by atoms with Crippen molar-refractivity contribution in [3.8, 4) is 11.1 Å². The third kappa shape index (κ3) is 4.07. The molecule has 0 aliphatic carbocycles. The molecule has 198 valence electrons. The summed E-state index contributed by atoms with van der Waals surface area (Å²) in [7, 11) is -4.26. The molecule has 0 bridgehead atoms. The highest BCUT2D eigenvalue weighted by atomic mass is 28.3. The molecule has 0 radical (unpaired) electrons. The molecule has 6 nitrogen and oxygen atoms in total. The lowest BCUT2D eigenvalue weighted by Crippen LogP contribution is -2.53. The highest BCUT2D eigenvalue weighted by molar-refractivity contribution is 7.01. The first-order chi connectivity index (χ1) is 19.0. The van der Waals surface area contributed by atoms with Gasteiger partial charge in [0.05, 0.1) is 22.3 Å². The van der Waals surface area contributed by atoms with Gasteiger partial charge in [-0.3, -0.25) is 0 Å². The highest BCUT2D eigenvalue weighted by Gasteiger charge is 2.35. The van der Waals surface area contributed by atoms with E-state index < -0.39 is 40.0 Å². The monoisotopic (exact) mass is 562 g/mol. The third-order valence-corrected chi connectivity index (χ3v) is 15.3. The fourth-order valence-corrected chi connectivity index (χ4v) is 10.1. The van der Waals surface area contributed by atoms with E-state index in [-0.39, 0.29) is 0 Å². The Balaban J connectivity index is 1.24. The van der Waals surface area contributed by atoms with Crippen LogP contribution in [0.3, 0.4) is 0 Å². The fourth-order valence-electron chi connectivity index (χ4n) is 5.44. The first-order valence-electron chi connectivity index (χ1n) is 13.0. The van der Waals surface area contributed by atoms with E-state index in [4.69, 9.17) is 9.47 Å². The zero-order valence-electron chi connectivity index (χ0n) is 22.5. The van der Waals surface area contributed by atoms with Crippen molar-refractivity contribution in [3.63, 3.8) is 0 Å². The summed E-state index contributed by atoms with van der Waals surface area (Å²) in [5.41, 5.74) is 3.55. The van der Waals surface area contributed by atoms with Crippen LogP contribution in [0.4, 0.5) is 0 Å². The average molecular weight is 563 g/mol. The van der Waals surface area contributed by atoms with E-state index in [1.54, 1.807) is 12.1 Å². The van der Waals surface area contributed by atoms with E-state index in [0.29, 0.717) is 22.3 Å². The van der Waals surface area contributed by atoms with Crippen molar-refractivity contribution in [2.24, 2.45) is 0 Å². The second-order valence-electron chi connectivity index (χ2n) is 11.3. The predicted octanol–water partition coefficient (Wildman–Crippen LogP) is 3.62. The van der Waals surface area contributed by atoms with E-state index in [9.17, 15) is 19.2 Å². The topological polar surface area (TPSA) is 86.7 Å². The van der Waals surface area contributed by atoms with Gasteiger partial charge in [-0.2, -0.15) is 0 Å². The van der Waals surface area contributed by atoms with Crippen LogP contribution in [0.15, 0.2) is 84.9 Å². The zero-order chi connectivity index (χ0) is 28.4. The van der Waals surface area contributed by atoms with E-state index in [0.717, 1.165) is 21.5 Å². The first kappa shape index (κ1) is 25.8. The number of benzene rings is 4. The molecule has 2 aliphatic heterocycles. The average Bonchev–Trinajstić information content (AvgIpc) is 3.41. The minimum atomic E-state index is -2.13. The Kier molecular flexibility index (Phi) is 5.86. The first-order valence-corrected chi connectivity index (χ1v) is 19.0. The number of rotatable bonds is 5. The van der Waals surface area contributed by atoms with Crippen LogP contribution in [-0.2, 0) is 9.47 Å². The van der Waals surface area contributed by atoms with Gasteiger partial charge in [0, 0.05) is 0 Å². The summed E-state index contributed by atoms with van der Waals surface area (Å²) < 4.78 is 9.52. The maximum Gasteiger partial charge on any atom is 0.346 e. The molecule has 6 rings (SSSR count). The van der Waals surface area contributed by atoms with E-state index in [1.807, 2.05) is 24.3 Å². The molecule has 0 amide bonds. The van der Waals surface area contributed by atoms with Crippen LogP contribution in [0, 0.1) is 0 Å². The summed E-state index contributed by atoms with van der Waals surface area (Å²) in [5.74, 6) is -2.32. The Bertz CT molecular complexity index is 1620. The van der Waals surface area contributed by atoms with Crippen LogP contribution in [0.25, 0.3) is 11.1 Å². The Morgan fingerprint density at radius 3 is 1.05 bits per heavy atom. The summed E-state index contributed by atoms with van der Waals surface area (Å²) >= 11 is 0. The molecule has 8 heteroatoms. The van der Waals surface area contributed by atoms with Crippen molar-refractivity contribution < 1.29 is 28.7 Å². The summed E-state index contributed by atoms with van der Waals surface area (Å²) in [6.07, 6.45) is 0. The fraction of sp³-hybridized carbons (Fsp3) is 0.125. The predicted molar refractivity (Wildman–Crippen MR) is 158 cm³/mol. The van der Waals surface area contributed by atoms with Crippen LogP contribution in [0.2, 0.25) is 26.2 Å². The van der Waals surface area contributed by atoms with Gasteiger partial charge in [0.2, 0.25) is 0 Å². The molecule has 0 N–H and O–H groups in total. The SMILES string of the molecule is C[Si](C)(c1ccc(-c2ccc([Si](C)(C)c3ccc4c(c3)C(=O)OC4=O)cc2)cc1)c1ccc2c(c1)C(=O)OC2=O. The number of ether oxygens (including phenoxy) is 2. The molecular formula is C32H26O6Si2. The molecule has 0 saturated carbocycles. The number of fused-ring (bicyclic) bond motifs is 2. The van der Waals surface area contributed by atoms with E-state index in [2.05, 4.69) is 74.7 Å². The van der Waals surface area contributed by atoms with E-state index in [1.165, 1.54) is 10.4 Å². The van der Waals surface area contributed by atoms with Crippen molar-refractivity contribution in [1.29, 1.82) is 0 Å². The van der Waals surface area contributed by atoms with Gasteiger partial charge in [0.15, 0.2) is 0 Å². The van der Waals surface area contributed by atoms with Crippen molar-refractivity contribution in [3.05, 3.63) is 107 Å². The molecule has 4 aromatic rings. The quantitative estimate of drug-likeness (QED) is 0.210. The Morgan fingerprint density at radius 1 is 0.400 bits per heavy atom. The molecule has 0 saturated heterocycles. The molecule has 0 fully saturated rings. The standard InChI is InChI=1S/C32H26O6Si2/c1-39(2,23-13-15-25-27(17-23)31(35)37-29(25)33)21-9-5-19(6-10-21)20-7-11-22(12-8-20)40(3,4)24-14-16-26-28(18-24)32(36)38-30(26)34/h5-18H,1-4H3. The lowest BCUT2D eigenvalue weighted by Gasteiger charge is -2.25. The lowest BCUT2D eigenvalue weighted by molar-refractivity contribution is 0.0425. The Hall–Kier alpha value is -4.41.